The van der Waals surface area contributed by atoms with Crippen molar-refractivity contribution < 1.29 is 9.90 Å². The molecule has 1 amide bonds. The maximum absolute atomic E-state index is 12.7. The van der Waals surface area contributed by atoms with E-state index in [9.17, 15) is 9.90 Å². The number of halogens is 2. The summed E-state index contributed by atoms with van der Waals surface area (Å²) in [7, 11) is 0. The minimum absolute atomic E-state index is 0.118. The zero-order chi connectivity index (χ0) is 19.0. The Morgan fingerprint density at radius 2 is 1.89 bits per heavy atom. The van der Waals surface area contributed by atoms with Crippen LogP contribution < -0.4 is 5.43 Å². The van der Waals surface area contributed by atoms with Crippen LogP contribution in [0.4, 0.5) is 0 Å². The van der Waals surface area contributed by atoms with Gasteiger partial charge in [-0.05, 0) is 74.5 Å². The number of nitrogens with zero attached hydrogens (tertiary/aromatic N) is 2. The Labute approximate surface area is 172 Å². The molecule has 0 unspecified atom stereocenters. The summed E-state index contributed by atoms with van der Waals surface area (Å²) in [6.07, 6.45) is 3.77. The minimum Gasteiger partial charge on any atom is -0.506 e. The van der Waals surface area contributed by atoms with Gasteiger partial charge in [0.15, 0.2) is 0 Å². The lowest BCUT2D eigenvalue weighted by molar-refractivity contribution is 0.0956. The number of carbonyl (C=O) groups is 1. The van der Waals surface area contributed by atoms with Crippen molar-refractivity contribution in [2.75, 3.05) is 0 Å². The molecule has 0 aliphatic heterocycles. The van der Waals surface area contributed by atoms with Crippen molar-refractivity contribution in [3.05, 3.63) is 68.2 Å². The molecule has 2 aromatic carbocycles. The summed E-state index contributed by atoms with van der Waals surface area (Å²) in [5.74, 6) is 0.298. The van der Waals surface area contributed by atoms with Gasteiger partial charge < -0.3 is 5.11 Å². The Morgan fingerprint density at radius 3 is 2.59 bits per heavy atom. The van der Waals surface area contributed by atoms with Gasteiger partial charge in [-0.15, -0.1) is 0 Å². The monoisotopic (exact) mass is 487 g/mol. The van der Waals surface area contributed by atoms with E-state index in [0.29, 0.717) is 20.4 Å². The summed E-state index contributed by atoms with van der Waals surface area (Å²) in [5.41, 5.74) is 5.68. The van der Waals surface area contributed by atoms with E-state index in [-0.39, 0.29) is 11.7 Å². The van der Waals surface area contributed by atoms with Gasteiger partial charge in [0.1, 0.15) is 5.75 Å². The third kappa shape index (κ3) is 3.89. The van der Waals surface area contributed by atoms with E-state index < -0.39 is 0 Å². The van der Waals surface area contributed by atoms with Gasteiger partial charge in [0.2, 0.25) is 0 Å². The van der Waals surface area contributed by atoms with E-state index in [1.54, 1.807) is 12.1 Å². The van der Waals surface area contributed by atoms with Gasteiger partial charge in [0.05, 0.1) is 26.2 Å². The van der Waals surface area contributed by atoms with Gasteiger partial charge in [-0.25, -0.2) is 5.43 Å². The van der Waals surface area contributed by atoms with E-state index in [1.807, 2.05) is 30.3 Å². The number of phenols is 1. The molecule has 4 rings (SSSR count). The van der Waals surface area contributed by atoms with Crippen LogP contribution in [0.3, 0.4) is 0 Å². The number of hydrogen-bond donors (Lipinski definition) is 2. The number of amides is 1. The van der Waals surface area contributed by atoms with Crippen molar-refractivity contribution in [1.82, 2.24) is 10.4 Å². The van der Waals surface area contributed by atoms with Gasteiger partial charge in [-0.3, -0.25) is 9.78 Å². The summed E-state index contributed by atoms with van der Waals surface area (Å²) in [6, 6.07) is 12.9. The Hall–Kier alpha value is -2.25. The highest BCUT2D eigenvalue weighted by molar-refractivity contribution is 9.11. The lowest BCUT2D eigenvalue weighted by Gasteiger charge is -2.08. The second kappa shape index (κ2) is 7.40. The largest absolute Gasteiger partial charge is 0.506 e. The van der Waals surface area contributed by atoms with Gasteiger partial charge in [0.25, 0.3) is 5.91 Å². The van der Waals surface area contributed by atoms with Crippen LogP contribution in [0.5, 0.6) is 5.75 Å². The number of rotatable bonds is 4. The number of aromatic hydroxyl groups is 1. The first-order valence-electron chi connectivity index (χ1n) is 8.44. The Morgan fingerprint density at radius 1 is 1.19 bits per heavy atom. The zero-order valence-electron chi connectivity index (χ0n) is 14.1. The molecule has 0 bridgehead atoms. The molecule has 1 saturated carbocycles. The van der Waals surface area contributed by atoms with Gasteiger partial charge in [-0.1, -0.05) is 18.2 Å². The van der Waals surface area contributed by atoms with Crippen LogP contribution in [0.25, 0.3) is 10.9 Å². The number of carbonyl (C=O) groups excluding carboxylic acids is 1. The Kier molecular flexibility index (Phi) is 4.97. The maximum Gasteiger partial charge on any atom is 0.272 e. The van der Waals surface area contributed by atoms with E-state index >= 15 is 0 Å². The highest BCUT2D eigenvalue weighted by Gasteiger charge is 2.26. The summed E-state index contributed by atoms with van der Waals surface area (Å²) >= 11 is 6.55. The number of nitrogens with one attached hydrogen (secondary N) is 1. The van der Waals surface area contributed by atoms with Crippen LogP contribution in [-0.2, 0) is 0 Å². The van der Waals surface area contributed by atoms with Crippen LogP contribution in [0.2, 0.25) is 0 Å². The predicted octanol–water partition coefficient (Wildman–Crippen LogP) is 5.11. The summed E-state index contributed by atoms with van der Waals surface area (Å²) in [4.78, 5) is 17.4. The van der Waals surface area contributed by atoms with Crippen molar-refractivity contribution in [2.45, 2.75) is 18.8 Å². The number of para-hydroxylation sites is 1. The average molecular weight is 489 g/mol. The summed E-state index contributed by atoms with van der Waals surface area (Å²) < 4.78 is 1.08. The molecule has 136 valence electrons. The molecule has 1 aliphatic rings. The number of hydrazone groups is 1. The second-order valence-electron chi connectivity index (χ2n) is 6.42. The third-order valence-electron chi connectivity index (χ3n) is 4.40. The fraction of sp³-hybridized carbons (Fsp3) is 0.150. The van der Waals surface area contributed by atoms with Gasteiger partial charge in [-0.2, -0.15) is 5.10 Å². The number of hydrogen-bond acceptors (Lipinski definition) is 4. The van der Waals surface area contributed by atoms with Crippen LogP contribution in [-0.4, -0.2) is 22.2 Å². The third-order valence-corrected chi connectivity index (χ3v) is 5.60. The molecule has 1 heterocycles. The Balaban J connectivity index is 1.60. The highest BCUT2D eigenvalue weighted by Crippen LogP contribution is 2.40. The van der Waals surface area contributed by atoms with Crippen molar-refractivity contribution in [3.63, 3.8) is 0 Å². The molecule has 0 atom stereocenters. The smallest absolute Gasteiger partial charge is 0.272 e. The molecular formula is C20H15Br2N3O2. The zero-order valence-corrected chi connectivity index (χ0v) is 17.3. The number of fused-ring (bicyclic) bond motifs is 1. The van der Waals surface area contributed by atoms with Crippen molar-refractivity contribution in [1.29, 1.82) is 0 Å². The van der Waals surface area contributed by atoms with E-state index in [4.69, 9.17) is 0 Å². The highest BCUT2D eigenvalue weighted by atomic mass is 79.9. The van der Waals surface area contributed by atoms with E-state index in [0.717, 1.165) is 35.0 Å². The fourth-order valence-corrected chi connectivity index (χ4v) is 4.08. The second-order valence-corrected chi connectivity index (χ2v) is 8.13. The number of pyridine rings is 1. The molecule has 0 saturated heterocycles. The summed E-state index contributed by atoms with van der Waals surface area (Å²) in [6.45, 7) is 0. The molecule has 27 heavy (non-hydrogen) atoms. The SMILES string of the molecule is O=C(N/N=C\c1cc(Br)c(O)c(Br)c1)c1cc(C2CC2)nc2ccccc12. The molecule has 1 fully saturated rings. The molecule has 3 aromatic rings. The molecule has 1 aromatic heterocycles. The molecule has 5 nitrogen and oxygen atoms in total. The van der Waals surface area contributed by atoms with Crippen LogP contribution in [0, 0.1) is 0 Å². The number of phenolic OH excluding ortho intramolecular Hbond substituents is 1. The minimum atomic E-state index is -0.274. The fourth-order valence-electron chi connectivity index (χ4n) is 2.86. The molecule has 0 spiro atoms. The summed E-state index contributed by atoms with van der Waals surface area (Å²) in [5, 5.41) is 14.6. The first-order chi connectivity index (χ1) is 13.0. The molecule has 1 aliphatic carbocycles. The van der Waals surface area contributed by atoms with Gasteiger partial charge >= 0.3 is 0 Å². The number of benzene rings is 2. The average Bonchev–Trinajstić information content (AvgIpc) is 3.50. The normalized spacial score (nSPS) is 14.0. The quantitative estimate of drug-likeness (QED) is 0.396. The molecule has 0 radical (unpaired) electrons. The predicted molar refractivity (Wildman–Crippen MR) is 112 cm³/mol. The lowest BCUT2D eigenvalue weighted by Crippen LogP contribution is -2.18. The van der Waals surface area contributed by atoms with Crippen LogP contribution in [0.1, 0.15) is 40.4 Å². The van der Waals surface area contributed by atoms with Crippen molar-refractivity contribution in [3.8, 4) is 5.75 Å². The standard InChI is InChI=1S/C20H15Br2N3O2/c21-15-7-11(8-16(22)19(15)26)10-23-25-20(27)14-9-18(12-5-6-12)24-17-4-2-1-3-13(14)17/h1-4,7-10,12,26H,5-6H2,(H,25,27)/b23-10-. The van der Waals surface area contributed by atoms with E-state index in [1.165, 1.54) is 6.21 Å². The lowest BCUT2D eigenvalue weighted by atomic mass is 10.1. The first-order valence-corrected chi connectivity index (χ1v) is 10.0. The van der Waals surface area contributed by atoms with Crippen LogP contribution >= 0.6 is 31.9 Å². The van der Waals surface area contributed by atoms with Crippen molar-refractivity contribution >= 4 is 54.9 Å². The molecule has 2 N–H and O–H groups in total. The van der Waals surface area contributed by atoms with Gasteiger partial charge in [0, 0.05) is 17.0 Å². The topological polar surface area (TPSA) is 74.6 Å². The maximum atomic E-state index is 12.7. The first kappa shape index (κ1) is 18.1. The van der Waals surface area contributed by atoms with Crippen LogP contribution in [0.15, 0.2) is 56.5 Å². The number of aromatic nitrogens is 1. The molecule has 7 heteroatoms. The van der Waals surface area contributed by atoms with E-state index in [2.05, 4.69) is 47.4 Å². The van der Waals surface area contributed by atoms with Crippen molar-refractivity contribution in [2.24, 2.45) is 5.10 Å². The molecular weight excluding hydrogens is 474 g/mol. The Bertz CT molecular complexity index is 1060.